The lowest BCUT2D eigenvalue weighted by molar-refractivity contribution is -0.121. The predicted octanol–water partition coefficient (Wildman–Crippen LogP) is 6.69. The minimum Gasteiger partial charge on any atom is -0.494 e. The first-order valence-electron chi connectivity index (χ1n) is 12.6. The highest BCUT2D eigenvalue weighted by atomic mass is 16.5. The Morgan fingerprint density at radius 2 is 1.69 bits per heavy atom. The summed E-state index contributed by atoms with van der Waals surface area (Å²) in [4.78, 5) is 13.0. The van der Waals surface area contributed by atoms with Gasteiger partial charge in [-0.2, -0.15) is 0 Å². The van der Waals surface area contributed by atoms with Crippen LogP contribution in [0.15, 0.2) is 79.0 Å². The first-order valence-corrected chi connectivity index (χ1v) is 12.6. The molecule has 0 saturated heterocycles. The number of benzene rings is 3. The maximum absolute atomic E-state index is 13.0. The van der Waals surface area contributed by atoms with Gasteiger partial charge in [0.05, 0.1) is 6.61 Å². The number of nitrogens with zero attached hydrogens (tertiary/aromatic N) is 1. The topological polar surface area (TPSA) is 43.3 Å². The number of amides is 1. The molecule has 0 bridgehead atoms. The highest BCUT2D eigenvalue weighted by Gasteiger charge is 2.23. The molecule has 0 aliphatic carbocycles. The summed E-state index contributed by atoms with van der Waals surface area (Å²) in [6, 6.07) is 25.4. The van der Waals surface area contributed by atoms with Crippen molar-refractivity contribution in [1.29, 1.82) is 0 Å². The zero-order chi connectivity index (χ0) is 24.8. The van der Waals surface area contributed by atoms with Gasteiger partial charge in [-0.1, -0.05) is 74.0 Å². The van der Waals surface area contributed by atoms with E-state index in [4.69, 9.17) is 4.74 Å². The van der Waals surface area contributed by atoms with Gasteiger partial charge >= 0.3 is 0 Å². The molecular weight excluding hydrogens is 432 g/mol. The van der Waals surface area contributed by atoms with Gasteiger partial charge in [0.15, 0.2) is 0 Å². The zero-order valence-electron chi connectivity index (χ0n) is 21.3. The summed E-state index contributed by atoms with van der Waals surface area (Å²) in [7, 11) is 0. The summed E-state index contributed by atoms with van der Waals surface area (Å²) in [5.74, 6) is 1.29. The van der Waals surface area contributed by atoms with E-state index in [0.29, 0.717) is 25.5 Å². The van der Waals surface area contributed by atoms with Crippen LogP contribution in [0.3, 0.4) is 0 Å². The Morgan fingerprint density at radius 1 is 0.971 bits per heavy atom. The Bertz CT molecular complexity index is 1250. The van der Waals surface area contributed by atoms with Crippen LogP contribution < -0.4 is 10.1 Å². The first-order chi connectivity index (χ1) is 16.9. The number of carbonyl (C=O) groups excluding carboxylic acids is 1. The van der Waals surface area contributed by atoms with Crippen molar-refractivity contribution >= 4 is 16.8 Å². The molecule has 0 aliphatic rings. The van der Waals surface area contributed by atoms with E-state index in [2.05, 4.69) is 97.5 Å². The van der Waals surface area contributed by atoms with Crippen LogP contribution in [0.1, 0.15) is 55.4 Å². The molecule has 0 radical (unpaired) electrons. The van der Waals surface area contributed by atoms with Gasteiger partial charge in [-0.05, 0) is 54.7 Å². The van der Waals surface area contributed by atoms with Crippen LogP contribution in [0.5, 0.6) is 5.75 Å². The molecule has 4 rings (SSSR count). The fourth-order valence-corrected chi connectivity index (χ4v) is 4.52. The average Bonchev–Trinajstić information content (AvgIpc) is 3.21. The standard InChI is InChI=1S/C31H36N2O2/c1-5-35-26-16-14-25(15-17-26)28(18-31(34)32-19-22(2)3)29-21-33(30-9-7-6-8-27(29)30)20-24-12-10-23(4)11-13-24/h6-17,21-22,28H,5,18-20H2,1-4H3,(H,32,34)/t28-/m1/s1. The van der Waals surface area contributed by atoms with E-state index >= 15 is 0 Å². The van der Waals surface area contributed by atoms with E-state index in [-0.39, 0.29) is 11.8 Å². The summed E-state index contributed by atoms with van der Waals surface area (Å²) in [5, 5.41) is 4.30. The number of hydrogen-bond donors (Lipinski definition) is 1. The van der Waals surface area contributed by atoms with E-state index in [9.17, 15) is 4.79 Å². The molecule has 0 saturated carbocycles. The predicted molar refractivity (Wildman–Crippen MR) is 144 cm³/mol. The monoisotopic (exact) mass is 468 g/mol. The van der Waals surface area contributed by atoms with Gasteiger partial charge < -0.3 is 14.6 Å². The Labute approximate surface area is 208 Å². The number of para-hydroxylation sites is 1. The molecule has 4 heteroatoms. The van der Waals surface area contributed by atoms with Crippen LogP contribution in [0.4, 0.5) is 0 Å². The van der Waals surface area contributed by atoms with Crippen molar-refractivity contribution in [2.45, 2.75) is 46.6 Å². The normalized spacial score (nSPS) is 12.1. The van der Waals surface area contributed by atoms with Crippen molar-refractivity contribution in [2.75, 3.05) is 13.2 Å². The van der Waals surface area contributed by atoms with Crippen molar-refractivity contribution in [3.05, 3.63) is 101 Å². The molecule has 4 nitrogen and oxygen atoms in total. The molecule has 1 aromatic heterocycles. The van der Waals surface area contributed by atoms with E-state index in [1.54, 1.807) is 0 Å². The van der Waals surface area contributed by atoms with Gasteiger partial charge in [0.2, 0.25) is 5.91 Å². The maximum atomic E-state index is 13.0. The summed E-state index contributed by atoms with van der Waals surface area (Å²) < 4.78 is 7.97. The number of aromatic nitrogens is 1. The van der Waals surface area contributed by atoms with Gasteiger partial charge in [-0.3, -0.25) is 4.79 Å². The van der Waals surface area contributed by atoms with Crippen molar-refractivity contribution < 1.29 is 9.53 Å². The lowest BCUT2D eigenvalue weighted by atomic mass is 9.88. The first kappa shape index (κ1) is 24.6. The average molecular weight is 469 g/mol. The summed E-state index contributed by atoms with van der Waals surface area (Å²) in [6.07, 6.45) is 2.64. The van der Waals surface area contributed by atoms with Crippen LogP contribution in [0.2, 0.25) is 0 Å². The number of carbonyl (C=O) groups is 1. The lowest BCUT2D eigenvalue weighted by Gasteiger charge is -2.18. The van der Waals surface area contributed by atoms with Crippen LogP contribution in [-0.2, 0) is 11.3 Å². The molecule has 4 aromatic rings. The lowest BCUT2D eigenvalue weighted by Crippen LogP contribution is -2.28. The highest BCUT2D eigenvalue weighted by molar-refractivity contribution is 5.86. The van der Waals surface area contributed by atoms with E-state index in [1.165, 1.54) is 27.6 Å². The number of nitrogens with one attached hydrogen (secondary N) is 1. The van der Waals surface area contributed by atoms with E-state index < -0.39 is 0 Å². The quantitative estimate of drug-likeness (QED) is 0.282. The third-order valence-electron chi connectivity index (χ3n) is 6.36. The summed E-state index contributed by atoms with van der Waals surface area (Å²) >= 11 is 0. The van der Waals surface area contributed by atoms with Crippen LogP contribution in [-0.4, -0.2) is 23.6 Å². The minimum atomic E-state index is -0.0537. The van der Waals surface area contributed by atoms with Crippen molar-refractivity contribution in [1.82, 2.24) is 9.88 Å². The molecule has 3 aromatic carbocycles. The smallest absolute Gasteiger partial charge is 0.220 e. The van der Waals surface area contributed by atoms with Crippen LogP contribution in [0.25, 0.3) is 10.9 Å². The minimum absolute atomic E-state index is 0.0537. The number of rotatable bonds is 10. The SMILES string of the molecule is CCOc1ccc([C@@H](CC(=O)NCC(C)C)c2cn(Cc3ccc(C)cc3)c3ccccc23)cc1. The molecule has 0 spiro atoms. The number of fused-ring (bicyclic) bond motifs is 1. The fraction of sp³-hybridized carbons (Fsp3) is 0.323. The Morgan fingerprint density at radius 3 is 2.37 bits per heavy atom. The third kappa shape index (κ3) is 6.13. The number of ether oxygens (including phenoxy) is 1. The molecule has 0 unspecified atom stereocenters. The Balaban J connectivity index is 1.73. The number of aryl methyl sites for hydroxylation is 1. The molecule has 0 fully saturated rings. The molecule has 1 atom stereocenters. The molecule has 182 valence electrons. The second kappa shape index (κ2) is 11.3. The van der Waals surface area contributed by atoms with Crippen LogP contribution >= 0.6 is 0 Å². The van der Waals surface area contributed by atoms with Crippen molar-refractivity contribution in [3.63, 3.8) is 0 Å². The largest absolute Gasteiger partial charge is 0.494 e. The van der Waals surface area contributed by atoms with Gasteiger partial charge in [0.1, 0.15) is 5.75 Å². The fourth-order valence-electron chi connectivity index (χ4n) is 4.52. The van der Waals surface area contributed by atoms with Gasteiger partial charge in [0, 0.05) is 42.5 Å². The van der Waals surface area contributed by atoms with Crippen molar-refractivity contribution in [3.8, 4) is 5.75 Å². The second-order valence-corrected chi connectivity index (χ2v) is 9.67. The third-order valence-corrected chi connectivity index (χ3v) is 6.36. The van der Waals surface area contributed by atoms with Crippen molar-refractivity contribution in [2.24, 2.45) is 5.92 Å². The molecule has 1 heterocycles. The zero-order valence-corrected chi connectivity index (χ0v) is 21.3. The Hall–Kier alpha value is -3.53. The molecule has 0 aliphatic heterocycles. The number of hydrogen-bond acceptors (Lipinski definition) is 2. The summed E-state index contributed by atoms with van der Waals surface area (Å²) in [5.41, 5.74) is 5.99. The van der Waals surface area contributed by atoms with Gasteiger partial charge in [0.25, 0.3) is 0 Å². The van der Waals surface area contributed by atoms with Gasteiger partial charge in [-0.15, -0.1) is 0 Å². The second-order valence-electron chi connectivity index (χ2n) is 9.67. The molecule has 1 amide bonds. The van der Waals surface area contributed by atoms with E-state index in [0.717, 1.165) is 17.9 Å². The Kier molecular flexibility index (Phi) is 7.91. The highest BCUT2D eigenvalue weighted by Crippen LogP contribution is 2.36. The van der Waals surface area contributed by atoms with E-state index in [1.807, 2.05) is 19.1 Å². The molecule has 35 heavy (non-hydrogen) atoms. The van der Waals surface area contributed by atoms with Gasteiger partial charge in [-0.25, -0.2) is 0 Å². The molecular formula is C31H36N2O2. The molecule has 1 N–H and O–H groups in total. The summed E-state index contributed by atoms with van der Waals surface area (Å²) in [6.45, 7) is 10.4. The van der Waals surface area contributed by atoms with Crippen LogP contribution in [0, 0.1) is 12.8 Å². The maximum Gasteiger partial charge on any atom is 0.220 e.